The van der Waals surface area contributed by atoms with Crippen LogP contribution in [0.2, 0.25) is 0 Å². The number of hydrogen-bond donors (Lipinski definition) is 0. The molecule has 0 fully saturated rings. The number of para-hydroxylation sites is 2. The molecule has 0 aliphatic rings. The molecule has 0 aliphatic carbocycles. The van der Waals surface area contributed by atoms with Crippen LogP contribution in [0.15, 0.2) is 54.6 Å². The van der Waals surface area contributed by atoms with Crippen LogP contribution in [0.25, 0.3) is 23.1 Å². The normalized spacial score (nSPS) is 11.0. The van der Waals surface area contributed by atoms with Crippen LogP contribution >= 0.6 is 0 Å². The molecular weight excluding hydrogens is 304 g/mol. The molecule has 0 saturated heterocycles. The Labute approximate surface area is 139 Å². The van der Waals surface area contributed by atoms with Crippen molar-refractivity contribution in [1.82, 2.24) is 4.98 Å². The smallest absolute Gasteiger partial charge is 0.295 e. The number of ether oxygens (including phenoxy) is 1. The summed E-state index contributed by atoms with van der Waals surface area (Å²) in [5.41, 5.74) is 1.99. The third-order valence-electron chi connectivity index (χ3n) is 3.57. The van der Waals surface area contributed by atoms with Gasteiger partial charge in [-0.25, -0.2) is 4.98 Å². The van der Waals surface area contributed by atoms with E-state index in [0.29, 0.717) is 17.8 Å². The van der Waals surface area contributed by atoms with Gasteiger partial charge in [0.15, 0.2) is 0 Å². The molecule has 0 atom stereocenters. The molecule has 0 N–H and O–H groups in total. The van der Waals surface area contributed by atoms with Gasteiger partial charge in [-0.05, 0) is 31.2 Å². The number of non-ortho nitro benzene ring substituents is 1. The van der Waals surface area contributed by atoms with Crippen molar-refractivity contribution in [3.8, 4) is 5.75 Å². The lowest BCUT2D eigenvalue weighted by atomic mass is 10.1. The highest BCUT2D eigenvalue weighted by Gasteiger charge is 2.12. The summed E-state index contributed by atoms with van der Waals surface area (Å²) in [6, 6.07) is 16.3. The summed E-state index contributed by atoms with van der Waals surface area (Å²) in [5, 5.41) is 11.9. The molecule has 0 radical (unpaired) electrons. The van der Waals surface area contributed by atoms with Crippen LogP contribution in [0.4, 0.5) is 5.69 Å². The van der Waals surface area contributed by atoms with Gasteiger partial charge in [0, 0.05) is 17.0 Å². The van der Waals surface area contributed by atoms with Crippen molar-refractivity contribution in [1.29, 1.82) is 0 Å². The maximum Gasteiger partial charge on any atom is 0.295 e. The van der Waals surface area contributed by atoms with Gasteiger partial charge in [-0.2, -0.15) is 0 Å². The molecule has 5 heteroatoms. The minimum atomic E-state index is -0.410. The molecule has 3 rings (SSSR count). The Bertz CT molecular complexity index is 919. The third kappa shape index (κ3) is 3.25. The van der Waals surface area contributed by atoms with Gasteiger partial charge in [0.25, 0.3) is 5.69 Å². The molecule has 2 aromatic carbocycles. The molecule has 3 aromatic rings. The van der Waals surface area contributed by atoms with E-state index in [1.807, 2.05) is 61.5 Å². The number of pyridine rings is 1. The van der Waals surface area contributed by atoms with Crippen molar-refractivity contribution in [2.45, 2.75) is 6.92 Å². The number of fused-ring (bicyclic) bond motifs is 1. The van der Waals surface area contributed by atoms with Crippen molar-refractivity contribution in [2.75, 3.05) is 6.61 Å². The van der Waals surface area contributed by atoms with Crippen LogP contribution in [0.3, 0.4) is 0 Å². The van der Waals surface area contributed by atoms with Crippen molar-refractivity contribution in [2.24, 2.45) is 0 Å². The average molecular weight is 320 g/mol. The maximum atomic E-state index is 11.2. The standard InChI is InChI=1S/C19H16N2O3/c1-2-24-18-9-4-3-6-14(18)10-12-16-13-11-15-7-5-8-17(21(22)23)19(15)20-16/h3-13H,2H2,1H3/b12-10+. The average Bonchev–Trinajstić information content (AvgIpc) is 2.60. The van der Waals surface area contributed by atoms with E-state index in [-0.39, 0.29) is 5.69 Å². The first kappa shape index (κ1) is 15.7. The highest BCUT2D eigenvalue weighted by molar-refractivity contribution is 5.88. The summed E-state index contributed by atoms with van der Waals surface area (Å²) < 4.78 is 5.59. The molecule has 0 unspecified atom stereocenters. The largest absolute Gasteiger partial charge is 0.493 e. The Hall–Kier alpha value is -3.21. The lowest BCUT2D eigenvalue weighted by molar-refractivity contribution is -0.383. The second-order valence-corrected chi connectivity index (χ2v) is 5.15. The van der Waals surface area contributed by atoms with Gasteiger partial charge in [-0.3, -0.25) is 10.1 Å². The SMILES string of the molecule is CCOc1ccccc1/C=C/c1ccc2cccc([N+](=O)[O-])c2n1. The van der Waals surface area contributed by atoms with Gasteiger partial charge in [0.05, 0.1) is 17.2 Å². The Morgan fingerprint density at radius 1 is 1.08 bits per heavy atom. The summed E-state index contributed by atoms with van der Waals surface area (Å²) in [7, 11) is 0. The van der Waals surface area contributed by atoms with Crippen molar-refractivity contribution in [3.05, 3.63) is 76.0 Å². The molecule has 0 spiro atoms. The quantitative estimate of drug-likeness (QED) is 0.504. The third-order valence-corrected chi connectivity index (χ3v) is 3.57. The maximum absolute atomic E-state index is 11.2. The fourth-order valence-corrected chi connectivity index (χ4v) is 2.47. The van der Waals surface area contributed by atoms with Crippen LogP contribution in [-0.2, 0) is 0 Å². The van der Waals surface area contributed by atoms with Crippen molar-refractivity contribution < 1.29 is 9.66 Å². The molecule has 0 saturated carbocycles. The number of nitro benzene ring substituents is 1. The Morgan fingerprint density at radius 3 is 2.71 bits per heavy atom. The van der Waals surface area contributed by atoms with Gasteiger partial charge in [-0.1, -0.05) is 36.4 Å². The van der Waals surface area contributed by atoms with Gasteiger partial charge in [-0.15, -0.1) is 0 Å². The molecule has 1 heterocycles. The molecule has 5 nitrogen and oxygen atoms in total. The molecule has 120 valence electrons. The van der Waals surface area contributed by atoms with E-state index in [1.54, 1.807) is 6.07 Å². The van der Waals surface area contributed by atoms with E-state index in [4.69, 9.17) is 4.74 Å². The van der Waals surface area contributed by atoms with Crippen LogP contribution in [-0.4, -0.2) is 16.5 Å². The first-order valence-electron chi connectivity index (χ1n) is 7.63. The fraction of sp³-hybridized carbons (Fsp3) is 0.105. The zero-order valence-electron chi connectivity index (χ0n) is 13.2. The lowest BCUT2D eigenvalue weighted by Gasteiger charge is -2.06. The number of nitro groups is 1. The van der Waals surface area contributed by atoms with Gasteiger partial charge < -0.3 is 4.74 Å². The van der Waals surface area contributed by atoms with E-state index < -0.39 is 4.92 Å². The molecule has 0 amide bonds. The van der Waals surface area contributed by atoms with Crippen LogP contribution in [0.1, 0.15) is 18.2 Å². The number of aromatic nitrogens is 1. The summed E-state index contributed by atoms with van der Waals surface area (Å²) in [4.78, 5) is 15.2. The Kier molecular flexibility index (Phi) is 4.52. The van der Waals surface area contributed by atoms with Gasteiger partial charge in [0.1, 0.15) is 11.3 Å². The second-order valence-electron chi connectivity index (χ2n) is 5.15. The summed E-state index contributed by atoms with van der Waals surface area (Å²) in [6.45, 7) is 2.52. The first-order chi connectivity index (χ1) is 11.7. The minimum Gasteiger partial charge on any atom is -0.493 e. The summed E-state index contributed by atoms with van der Waals surface area (Å²) in [6.07, 6.45) is 3.72. The predicted octanol–water partition coefficient (Wildman–Crippen LogP) is 4.71. The van der Waals surface area contributed by atoms with Gasteiger partial charge >= 0.3 is 0 Å². The summed E-state index contributed by atoms with van der Waals surface area (Å²) in [5.74, 6) is 0.794. The Morgan fingerprint density at radius 2 is 1.92 bits per heavy atom. The number of benzene rings is 2. The topological polar surface area (TPSA) is 65.3 Å². The first-order valence-corrected chi connectivity index (χ1v) is 7.63. The van der Waals surface area contributed by atoms with E-state index >= 15 is 0 Å². The number of rotatable bonds is 5. The predicted molar refractivity (Wildman–Crippen MR) is 94.9 cm³/mol. The number of hydrogen-bond acceptors (Lipinski definition) is 4. The number of nitrogens with zero attached hydrogens (tertiary/aromatic N) is 2. The van der Waals surface area contributed by atoms with E-state index in [9.17, 15) is 10.1 Å². The molecule has 1 aromatic heterocycles. The monoisotopic (exact) mass is 320 g/mol. The molecule has 0 bridgehead atoms. The second kappa shape index (κ2) is 6.91. The zero-order chi connectivity index (χ0) is 16.9. The van der Waals surface area contributed by atoms with Crippen LogP contribution in [0, 0.1) is 10.1 Å². The fourth-order valence-electron chi connectivity index (χ4n) is 2.47. The van der Waals surface area contributed by atoms with Gasteiger partial charge in [0.2, 0.25) is 0 Å². The lowest BCUT2D eigenvalue weighted by Crippen LogP contribution is -1.93. The van der Waals surface area contributed by atoms with E-state index in [1.165, 1.54) is 6.07 Å². The molecule has 0 aliphatic heterocycles. The van der Waals surface area contributed by atoms with E-state index in [0.717, 1.165) is 16.7 Å². The van der Waals surface area contributed by atoms with E-state index in [2.05, 4.69) is 4.98 Å². The zero-order valence-corrected chi connectivity index (χ0v) is 13.2. The van der Waals surface area contributed by atoms with Crippen molar-refractivity contribution in [3.63, 3.8) is 0 Å². The molecular formula is C19H16N2O3. The van der Waals surface area contributed by atoms with Crippen molar-refractivity contribution >= 4 is 28.7 Å². The van der Waals surface area contributed by atoms with Crippen LogP contribution < -0.4 is 4.74 Å². The van der Waals surface area contributed by atoms with Crippen LogP contribution in [0.5, 0.6) is 5.75 Å². The minimum absolute atomic E-state index is 0.0115. The summed E-state index contributed by atoms with van der Waals surface area (Å²) >= 11 is 0. The Balaban J connectivity index is 1.99. The highest BCUT2D eigenvalue weighted by atomic mass is 16.6. The highest BCUT2D eigenvalue weighted by Crippen LogP contribution is 2.25. The molecule has 24 heavy (non-hydrogen) atoms.